The van der Waals surface area contributed by atoms with Crippen LogP contribution in [0.3, 0.4) is 0 Å². The maximum absolute atomic E-state index is 14.4. The van der Waals surface area contributed by atoms with Crippen LogP contribution in [0.25, 0.3) is 11.0 Å². The fraction of sp³-hybridized carbons (Fsp3) is 0.517. The highest BCUT2D eigenvalue weighted by Crippen LogP contribution is 2.53. The fourth-order valence-corrected chi connectivity index (χ4v) is 6.16. The topological polar surface area (TPSA) is 172 Å². The number of para-hydroxylation sites is 2. The molecule has 1 aliphatic carbocycles. The number of hydrogen-bond acceptors (Lipinski definition) is 9. The number of hydrogen-bond donors (Lipinski definition) is 5. The molecular weight excluding hydrogens is 513 g/mol. The number of rotatable bonds is 11. The molecule has 0 saturated carbocycles. The monoisotopic (exact) mass is 555 g/mol. The van der Waals surface area contributed by atoms with E-state index in [9.17, 15) is 9.18 Å². The molecule has 0 amide bonds. The third-order valence-electron chi connectivity index (χ3n) is 8.16. The van der Waals surface area contributed by atoms with Crippen LogP contribution >= 0.6 is 0 Å². The van der Waals surface area contributed by atoms with Gasteiger partial charge in [-0.1, -0.05) is 32.0 Å². The average molecular weight is 556 g/mol. The minimum absolute atomic E-state index is 0.111. The van der Waals surface area contributed by atoms with E-state index >= 15 is 0 Å². The largest absolute Gasteiger partial charge is 0.453 e. The molecule has 1 aromatic heterocycles. The third-order valence-corrected chi connectivity index (χ3v) is 8.16. The lowest BCUT2D eigenvalue weighted by atomic mass is 9.57. The Bertz CT molecular complexity index is 1310. The zero-order valence-electron chi connectivity index (χ0n) is 23.7. The molecule has 40 heavy (non-hydrogen) atoms. The van der Waals surface area contributed by atoms with Crippen molar-refractivity contribution in [3.05, 3.63) is 65.2 Å². The van der Waals surface area contributed by atoms with Crippen LogP contribution < -0.4 is 22.9 Å². The average Bonchev–Trinajstić information content (AvgIpc) is 3.30. The molecule has 1 heterocycles. The molecule has 2 aromatic carbocycles. The van der Waals surface area contributed by atoms with Crippen molar-refractivity contribution in [2.45, 2.75) is 56.0 Å². The summed E-state index contributed by atoms with van der Waals surface area (Å²) in [5.74, 6) is -0.842. The van der Waals surface area contributed by atoms with Gasteiger partial charge in [-0.15, -0.1) is 0 Å². The van der Waals surface area contributed by atoms with Gasteiger partial charge in [-0.2, -0.15) is 0 Å². The number of carbonyl (C=O) groups is 1. The Morgan fingerprint density at radius 3 is 2.55 bits per heavy atom. The van der Waals surface area contributed by atoms with Gasteiger partial charge in [-0.3, -0.25) is 0 Å². The first-order chi connectivity index (χ1) is 18.8. The number of benzene rings is 2. The number of carbonyl (C=O) groups excluding carboxylic acids is 1. The van der Waals surface area contributed by atoms with E-state index < -0.39 is 34.6 Å². The molecule has 3 aromatic rings. The van der Waals surface area contributed by atoms with Gasteiger partial charge in [0, 0.05) is 32.4 Å². The summed E-state index contributed by atoms with van der Waals surface area (Å²) in [6.45, 7) is 4.88. The van der Waals surface area contributed by atoms with Gasteiger partial charge in [0.1, 0.15) is 29.6 Å². The predicted octanol–water partition coefficient (Wildman–Crippen LogP) is 2.02. The molecule has 4 rings (SSSR count). The zero-order valence-corrected chi connectivity index (χ0v) is 23.7. The number of nitrogens with one attached hydrogen (secondary N) is 1. The highest BCUT2D eigenvalue weighted by molar-refractivity contribution is 5.74. The number of aromatic amines is 1. The van der Waals surface area contributed by atoms with E-state index in [0.29, 0.717) is 17.7 Å². The summed E-state index contributed by atoms with van der Waals surface area (Å²) >= 11 is 0. The number of nitrogens with zero attached hydrogens (tertiary/aromatic N) is 2. The van der Waals surface area contributed by atoms with Crippen molar-refractivity contribution in [1.29, 1.82) is 0 Å². The second-order valence-electron chi connectivity index (χ2n) is 11.3. The second-order valence-corrected chi connectivity index (χ2v) is 11.3. The zero-order chi connectivity index (χ0) is 29.3. The smallest absolute Gasteiger partial charge is 0.332 e. The van der Waals surface area contributed by atoms with Gasteiger partial charge >= 0.3 is 5.97 Å². The lowest BCUT2D eigenvalue weighted by molar-refractivity contribution is -0.191. The Morgan fingerprint density at radius 1 is 1.15 bits per heavy atom. The number of H-pyrrole nitrogens is 1. The van der Waals surface area contributed by atoms with Crippen molar-refractivity contribution in [1.82, 2.24) is 14.9 Å². The van der Waals surface area contributed by atoms with Crippen LogP contribution in [0.5, 0.6) is 0 Å². The Balaban J connectivity index is 1.61. The molecule has 0 bridgehead atoms. The molecule has 1 aliphatic rings. The molecular formula is C29H42FN7O3. The maximum atomic E-state index is 14.4. The number of ether oxygens (including phenoxy) is 2. The Hall–Kier alpha value is -2.93. The summed E-state index contributed by atoms with van der Waals surface area (Å²) in [6.07, 6.45) is 1.86. The van der Waals surface area contributed by atoms with Gasteiger partial charge in [0.05, 0.1) is 11.0 Å². The van der Waals surface area contributed by atoms with Crippen LogP contribution in [-0.2, 0) is 26.4 Å². The number of methoxy groups -OCH3 is 1. The van der Waals surface area contributed by atoms with Crippen molar-refractivity contribution < 1.29 is 18.7 Å². The number of aryl methyl sites for hydroxylation is 1. The van der Waals surface area contributed by atoms with Gasteiger partial charge in [-0.05, 0) is 61.3 Å². The normalized spacial score (nSPS) is 21.6. The van der Waals surface area contributed by atoms with Crippen LogP contribution in [0.2, 0.25) is 0 Å². The molecule has 0 radical (unpaired) electrons. The second kappa shape index (κ2) is 11.5. The van der Waals surface area contributed by atoms with E-state index in [2.05, 4.69) is 14.9 Å². The van der Waals surface area contributed by atoms with Crippen molar-refractivity contribution in [3.63, 3.8) is 0 Å². The number of nitrogens with two attached hydrogens (primary N) is 4. The predicted molar refractivity (Wildman–Crippen MR) is 152 cm³/mol. The van der Waals surface area contributed by atoms with Gasteiger partial charge < -0.3 is 42.3 Å². The van der Waals surface area contributed by atoms with E-state index in [-0.39, 0.29) is 18.9 Å². The van der Waals surface area contributed by atoms with E-state index in [1.165, 1.54) is 19.2 Å². The SMILES string of the molecule is COCC(=O)OC1(CCN(C)CCCc2nc3ccccc3[nH]2)C(C(C)C)c2ccc(F)cc2C(N)(N)C1(N)N. The van der Waals surface area contributed by atoms with Crippen LogP contribution in [0.1, 0.15) is 49.6 Å². The van der Waals surface area contributed by atoms with E-state index in [4.69, 9.17) is 32.4 Å². The summed E-state index contributed by atoms with van der Waals surface area (Å²) in [5.41, 5.74) is 24.4. The molecule has 11 heteroatoms. The van der Waals surface area contributed by atoms with E-state index in [0.717, 1.165) is 36.2 Å². The first-order valence-corrected chi connectivity index (χ1v) is 13.6. The number of aromatic nitrogens is 2. The summed E-state index contributed by atoms with van der Waals surface area (Å²) in [5, 5.41) is 0. The van der Waals surface area contributed by atoms with Crippen molar-refractivity contribution >= 4 is 17.0 Å². The Labute approximate surface area is 234 Å². The number of halogens is 1. The first kappa shape index (κ1) is 30.0. The highest BCUT2D eigenvalue weighted by atomic mass is 19.1. The van der Waals surface area contributed by atoms with Crippen LogP contribution in [0.4, 0.5) is 4.39 Å². The molecule has 0 aliphatic heterocycles. The molecule has 2 atom stereocenters. The molecule has 0 fully saturated rings. The van der Waals surface area contributed by atoms with Gasteiger partial charge in [-0.25, -0.2) is 14.2 Å². The third kappa shape index (κ3) is 5.37. The highest BCUT2D eigenvalue weighted by Gasteiger charge is 2.67. The van der Waals surface area contributed by atoms with Gasteiger partial charge in [0.25, 0.3) is 0 Å². The van der Waals surface area contributed by atoms with Crippen LogP contribution in [0.15, 0.2) is 42.5 Å². The summed E-state index contributed by atoms with van der Waals surface area (Å²) in [6, 6.07) is 12.2. The molecule has 0 spiro atoms. The lowest BCUT2D eigenvalue weighted by Gasteiger charge is -2.60. The molecule has 10 nitrogen and oxygen atoms in total. The standard InChI is InChI=1S/C29H42FN7O3/c1-18(2)26-20-12-11-19(30)16-21(20)28(31,32)29(33,34)27(26,40-25(38)17-39-4)13-15-37(3)14-7-10-24-35-22-8-5-6-9-23(22)36-24/h5-6,8-9,11-12,16,18,26H,7,10,13-15,17,31-34H2,1-4H3,(H,35,36). The lowest BCUT2D eigenvalue weighted by Crippen LogP contribution is -2.87. The molecule has 0 saturated heterocycles. The minimum Gasteiger partial charge on any atom is -0.453 e. The maximum Gasteiger partial charge on any atom is 0.332 e. The van der Waals surface area contributed by atoms with Crippen LogP contribution in [0, 0.1) is 11.7 Å². The van der Waals surface area contributed by atoms with E-state index in [1.54, 1.807) is 6.07 Å². The Kier molecular flexibility index (Phi) is 8.65. The minimum atomic E-state index is -1.95. The Morgan fingerprint density at radius 2 is 1.88 bits per heavy atom. The van der Waals surface area contributed by atoms with E-state index in [1.807, 2.05) is 45.2 Å². The quantitative estimate of drug-likeness (QED) is 0.175. The van der Waals surface area contributed by atoms with Crippen molar-refractivity contribution in [2.75, 3.05) is 33.9 Å². The summed E-state index contributed by atoms with van der Waals surface area (Å²) < 4.78 is 25.6. The summed E-state index contributed by atoms with van der Waals surface area (Å²) in [4.78, 5) is 23.1. The first-order valence-electron chi connectivity index (χ1n) is 13.6. The number of esters is 1. The molecule has 2 unspecified atom stereocenters. The van der Waals surface area contributed by atoms with Crippen molar-refractivity contribution in [3.8, 4) is 0 Å². The van der Waals surface area contributed by atoms with Crippen LogP contribution in [-0.4, -0.2) is 66.0 Å². The van der Waals surface area contributed by atoms with Gasteiger partial charge in [0.2, 0.25) is 0 Å². The van der Waals surface area contributed by atoms with Gasteiger partial charge in [0.15, 0.2) is 5.60 Å². The number of fused-ring (bicyclic) bond motifs is 2. The molecule has 9 N–H and O–H groups in total. The van der Waals surface area contributed by atoms with Crippen molar-refractivity contribution in [2.24, 2.45) is 28.9 Å². The summed E-state index contributed by atoms with van der Waals surface area (Å²) in [7, 11) is 3.38. The molecule has 218 valence electrons. The fourth-order valence-electron chi connectivity index (χ4n) is 6.16. The number of imidazole rings is 1.